The van der Waals surface area contributed by atoms with Gasteiger partial charge < -0.3 is 10.1 Å². The maximum Gasteiger partial charge on any atom is 0.341 e. The second kappa shape index (κ2) is 8.35. The summed E-state index contributed by atoms with van der Waals surface area (Å²) < 4.78 is 6.18. The standard InChI is InChI=1S/C20H22BrNO3S/c1-12(2)25-20(24)17-14-9-4-3-5-11-16(14)26-19(17)22-18(23)13-8-6-7-10-15(13)21/h6-8,10,12H,3-5,9,11H2,1-2H3,(H,22,23). The third-order valence-electron chi connectivity index (χ3n) is 4.31. The lowest BCUT2D eigenvalue weighted by Gasteiger charge is -2.12. The summed E-state index contributed by atoms with van der Waals surface area (Å²) >= 11 is 4.92. The molecule has 26 heavy (non-hydrogen) atoms. The van der Waals surface area contributed by atoms with Gasteiger partial charge in [-0.05, 0) is 73.2 Å². The van der Waals surface area contributed by atoms with E-state index in [1.807, 2.05) is 32.0 Å². The largest absolute Gasteiger partial charge is 0.459 e. The highest BCUT2D eigenvalue weighted by Gasteiger charge is 2.27. The number of thiophene rings is 1. The van der Waals surface area contributed by atoms with Crippen LogP contribution in [0.3, 0.4) is 0 Å². The summed E-state index contributed by atoms with van der Waals surface area (Å²) in [5.41, 5.74) is 2.14. The molecule has 1 aromatic carbocycles. The Hall–Kier alpha value is -1.66. The van der Waals surface area contributed by atoms with Crippen LogP contribution in [-0.4, -0.2) is 18.0 Å². The molecule has 0 fully saturated rings. The van der Waals surface area contributed by atoms with E-state index in [9.17, 15) is 9.59 Å². The van der Waals surface area contributed by atoms with Crippen LogP contribution in [0.15, 0.2) is 28.7 Å². The average molecular weight is 436 g/mol. The van der Waals surface area contributed by atoms with Crippen molar-refractivity contribution in [1.29, 1.82) is 0 Å². The molecule has 0 aliphatic heterocycles. The number of fused-ring (bicyclic) bond motifs is 1. The summed E-state index contributed by atoms with van der Waals surface area (Å²) in [6, 6.07) is 7.26. The molecule has 3 rings (SSSR count). The molecule has 0 unspecified atom stereocenters. The Morgan fingerprint density at radius 1 is 1.15 bits per heavy atom. The molecule has 1 N–H and O–H groups in total. The molecule has 1 heterocycles. The molecule has 1 amide bonds. The number of carbonyl (C=O) groups excluding carboxylic acids is 2. The van der Waals surface area contributed by atoms with Gasteiger partial charge in [-0.1, -0.05) is 18.6 Å². The molecule has 0 spiro atoms. The van der Waals surface area contributed by atoms with Gasteiger partial charge in [0.25, 0.3) is 5.91 Å². The van der Waals surface area contributed by atoms with Gasteiger partial charge in [-0.3, -0.25) is 4.79 Å². The summed E-state index contributed by atoms with van der Waals surface area (Å²) in [5.74, 6) is -0.575. The quantitative estimate of drug-likeness (QED) is 0.502. The zero-order valence-corrected chi connectivity index (χ0v) is 17.3. The minimum absolute atomic E-state index is 0.198. The van der Waals surface area contributed by atoms with Crippen molar-refractivity contribution in [3.8, 4) is 0 Å². The van der Waals surface area contributed by atoms with Crippen molar-refractivity contribution >= 4 is 44.1 Å². The Balaban J connectivity index is 1.96. The maximum atomic E-state index is 12.7. The molecule has 6 heteroatoms. The Bertz CT molecular complexity index is 828. The van der Waals surface area contributed by atoms with Crippen LogP contribution in [0, 0.1) is 0 Å². The highest BCUT2D eigenvalue weighted by Crippen LogP contribution is 2.38. The molecular formula is C20H22BrNO3S. The predicted octanol–water partition coefficient (Wildman–Crippen LogP) is 5.60. The topological polar surface area (TPSA) is 55.4 Å². The summed E-state index contributed by atoms with van der Waals surface area (Å²) in [4.78, 5) is 26.7. The van der Waals surface area contributed by atoms with Gasteiger partial charge in [0.1, 0.15) is 5.00 Å². The van der Waals surface area contributed by atoms with Crippen molar-refractivity contribution in [3.63, 3.8) is 0 Å². The van der Waals surface area contributed by atoms with Gasteiger partial charge in [-0.25, -0.2) is 4.79 Å². The van der Waals surface area contributed by atoms with Gasteiger partial charge in [0.05, 0.1) is 17.2 Å². The Kier molecular flexibility index (Phi) is 6.14. The Morgan fingerprint density at radius 2 is 1.88 bits per heavy atom. The van der Waals surface area contributed by atoms with Crippen molar-refractivity contribution in [3.05, 3.63) is 50.3 Å². The van der Waals surface area contributed by atoms with E-state index >= 15 is 0 Å². The van der Waals surface area contributed by atoms with Gasteiger partial charge in [0.15, 0.2) is 0 Å². The monoisotopic (exact) mass is 435 g/mol. The molecule has 2 aromatic rings. The highest BCUT2D eigenvalue weighted by molar-refractivity contribution is 9.10. The number of halogens is 1. The molecule has 138 valence electrons. The zero-order chi connectivity index (χ0) is 18.7. The van der Waals surface area contributed by atoms with E-state index in [2.05, 4.69) is 21.2 Å². The maximum absolute atomic E-state index is 12.7. The van der Waals surface area contributed by atoms with Gasteiger partial charge in [0.2, 0.25) is 0 Å². The molecule has 0 atom stereocenters. The molecule has 0 saturated heterocycles. The summed E-state index contributed by atoms with van der Waals surface area (Å²) in [6.07, 6.45) is 4.95. The van der Waals surface area contributed by atoms with Gasteiger partial charge in [-0.15, -0.1) is 11.3 Å². The van der Waals surface area contributed by atoms with Crippen LogP contribution >= 0.6 is 27.3 Å². The summed E-state index contributed by atoms with van der Waals surface area (Å²) in [6.45, 7) is 3.67. The fourth-order valence-electron chi connectivity index (χ4n) is 3.14. The molecule has 1 aliphatic carbocycles. The minimum Gasteiger partial charge on any atom is -0.459 e. The van der Waals surface area contributed by atoms with Crippen molar-refractivity contribution in [2.24, 2.45) is 0 Å². The lowest BCUT2D eigenvalue weighted by molar-refractivity contribution is 0.0378. The van der Waals surface area contributed by atoms with Gasteiger partial charge >= 0.3 is 5.97 Å². The first kappa shape index (κ1) is 19.1. The van der Waals surface area contributed by atoms with Crippen LogP contribution in [0.2, 0.25) is 0 Å². The lowest BCUT2D eigenvalue weighted by atomic mass is 10.1. The normalized spacial score (nSPS) is 13.8. The van der Waals surface area contributed by atoms with Crippen LogP contribution in [-0.2, 0) is 17.6 Å². The molecule has 4 nitrogen and oxygen atoms in total. The fourth-order valence-corrected chi connectivity index (χ4v) is 4.87. The van der Waals surface area contributed by atoms with E-state index in [1.165, 1.54) is 22.6 Å². The lowest BCUT2D eigenvalue weighted by Crippen LogP contribution is -2.17. The number of amides is 1. The molecule has 0 saturated carbocycles. The molecule has 0 bridgehead atoms. The van der Waals surface area contributed by atoms with Crippen molar-refractivity contribution in [2.45, 2.75) is 52.1 Å². The molecule has 1 aromatic heterocycles. The molecule has 1 aliphatic rings. The number of nitrogens with one attached hydrogen (secondary N) is 1. The van der Waals surface area contributed by atoms with E-state index in [4.69, 9.17) is 4.74 Å². The number of carbonyl (C=O) groups is 2. The highest BCUT2D eigenvalue weighted by atomic mass is 79.9. The van der Waals surface area contributed by atoms with Crippen LogP contribution in [0.1, 0.15) is 64.3 Å². The van der Waals surface area contributed by atoms with E-state index in [0.717, 1.165) is 35.7 Å². The first-order chi connectivity index (χ1) is 12.5. The SMILES string of the molecule is CC(C)OC(=O)c1c(NC(=O)c2ccccc2Br)sc2c1CCCCC2. The van der Waals surface area contributed by atoms with Crippen LogP contribution < -0.4 is 5.32 Å². The average Bonchev–Trinajstić information content (AvgIpc) is 2.75. The van der Waals surface area contributed by atoms with Crippen LogP contribution in [0.5, 0.6) is 0 Å². The minimum atomic E-state index is -0.346. The third kappa shape index (κ3) is 4.18. The molecular weight excluding hydrogens is 414 g/mol. The van der Waals surface area contributed by atoms with Crippen LogP contribution in [0.4, 0.5) is 5.00 Å². The summed E-state index contributed by atoms with van der Waals surface area (Å²) in [7, 11) is 0. The second-order valence-electron chi connectivity index (χ2n) is 6.66. The van der Waals surface area contributed by atoms with Gasteiger partial charge in [0, 0.05) is 9.35 Å². The van der Waals surface area contributed by atoms with E-state index in [-0.39, 0.29) is 18.0 Å². The number of anilines is 1. The zero-order valence-electron chi connectivity index (χ0n) is 14.9. The smallest absolute Gasteiger partial charge is 0.341 e. The predicted molar refractivity (Wildman–Crippen MR) is 108 cm³/mol. The Labute approximate surface area is 166 Å². The second-order valence-corrected chi connectivity index (χ2v) is 8.62. The number of esters is 1. The van der Waals surface area contributed by atoms with Crippen molar-refractivity contribution in [1.82, 2.24) is 0 Å². The third-order valence-corrected chi connectivity index (χ3v) is 6.21. The van der Waals surface area contributed by atoms with Gasteiger partial charge in [-0.2, -0.15) is 0 Å². The Morgan fingerprint density at radius 3 is 2.62 bits per heavy atom. The van der Waals surface area contributed by atoms with E-state index in [1.54, 1.807) is 6.07 Å². The van der Waals surface area contributed by atoms with E-state index in [0.29, 0.717) is 16.1 Å². The first-order valence-corrected chi connectivity index (χ1v) is 10.5. The number of aryl methyl sites for hydroxylation is 1. The van der Waals surface area contributed by atoms with Crippen molar-refractivity contribution < 1.29 is 14.3 Å². The number of benzene rings is 1. The number of rotatable bonds is 4. The van der Waals surface area contributed by atoms with Crippen molar-refractivity contribution in [2.75, 3.05) is 5.32 Å². The van der Waals surface area contributed by atoms with E-state index < -0.39 is 0 Å². The van der Waals surface area contributed by atoms with Crippen LogP contribution in [0.25, 0.3) is 0 Å². The number of hydrogen-bond acceptors (Lipinski definition) is 4. The summed E-state index contributed by atoms with van der Waals surface area (Å²) in [5, 5.41) is 3.55. The fraction of sp³-hybridized carbons (Fsp3) is 0.400. The number of ether oxygens (including phenoxy) is 1. The number of hydrogen-bond donors (Lipinski definition) is 1. The first-order valence-electron chi connectivity index (χ1n) is 8.88. The molecule has 0 radical (unpaired) electrons.